The summed E-state index contributed by atoms with van der Waals surface area (Å²) in [5, 5.41) is 3.36. The van der Waals surface area contributed by atoms with Gasteiger partial charge < -0.3 is 5.32 Å². The third-order valence-corrected chi connectivity index (χ3v) is 3.34. The zero-order valence-electron chi connectivity index (χ0n) is 11.3. The molecule has 98 valence electrons. The van der Waals surface area contributed by atoms with E-state index < -0.39 is 0 Å². The van der Waals surface area contributed by atoms with Gasteiger partial charge in [-0.05, 0) is 45.5 Å². The summed E-state index contributed by atoms with van der Waals surface area (Å²) in [6.07, 6.45) is 1.13. The number of Topliss-reactive ketones (excluding diaryl/α,β-unsaturated/α-hetero) is 1. The Morgan fingerprint density at radius 2 is 1.89 bits per heavy atom. The van der Waals surface area contributed by atoms with E-state index in [0.717, 1.165) is 49.3 Å². The minimum absolute atomic E-state index is 0.240. The summed E-state index contributed by atoms with van der Waals surface area (Å²) in [4.78, 5) is 14.5. The van der Waals surface area contributed by atoms with Crippen LogP contribution in [0.4, 0.5) is 0 Å². The van der Waals surface area contributed by atoms with Gasteiger partial charge in [-0.1, -0.05) is 17.2 Å². The Bertz CT molecular complexity index is 400. The molecule has 1 fully saturated rings. The molecule has 3 heteroatoms. The SMILES string of the molecule is Cc1cc(C)cc(C(=O)CN2CCCNCC2)c1. The Kier molecular flexibility index (Phi) is 4.50. The highest BCUT2D eigenvalue weighted by Crippen LogP contribution is 2.10. The lowest BCUT2D eigenvalue weighted by molar-refractivity contribution is 0.0935. The molecule has 1 aromatic carbocycles. The predicted octanol–water partition coefficient (Wildman–Crippen LogP) is 1.78. The maximum absolute atomic E-state index is 12.3. The first kappa shape index (κ1) is 13.2. The number of aryl methyl sites for hydroxylation is 2. The molecule has 1 aliphatic rings. The van der Waals surface area contributed by atoms with E-state index >= 15 is 0 Å². The van der Waals surface area contributed by atoms with Gasteiger partial charge in [0.25, 0.3) is 0 Å². The lowest BCUT2D eigenvalue weighted by Gasteiger charge is -2.18. The second-order valence-electron chi connectivity index (χ2n) is 5.18. The van der Waals surface area contributed by atoms with E-state index in [-0.39, 0.29) is 5.78 Å². The van der Waals surface area contributed by atoms with E-state index in [2.05, 4.69) is 16.3 Å². The second kappa shape index (κ2) is 6.12. The highest BCUT2D eigenvalue weighted by Gasteiger charge is 2.14. The Labute approximate surface area is 109 Å². The Morgan fingerprint density at radius 1 is 1.17 bits per heavy atom. The molecule has 1 heterocycles. The van der Waals surface area contributed by atoms with Crippen molar-refractivity contribution in [1.82, 2.24) is 10.2 Å². The van der Waals surface area contributed by atoms with Gasteiger partial charge >= 0.3 is 0 Å². The fraction of sp³-hybridized carbons (Fsp3) is 0.533. The van der Waals surface area contributed by atoms with Crippen molar-refractivity contribution >= 4 is 5.78 Å². The molecule has 0 aromatic heterocycles. The smallest absolute Gasteiger partial charge is 0.176 e. The summed E-state index contributed by atoms with van der Waals surface area (Å²) < 4.78 is 0. The molecular formula is C15H22N2O. The lowest BCUT2D eigenvalue weighted by atomic mass is 10.0. The maximum atomic E-state index is 12.3. The van der Waals surface area contributed by atoms with E-state index in [1.807, 2.05) is 26.0 Å². The van der Waals surface area contributed by atoms with E-state index in [9.17, 15) is 4.79 Å². The number of hydrogen-bond donors (Lipinski definition) is 1. The zero-order chi connectivity index (χ0) is 13.0. The van der Waals surface area contributed by atoms with Crippen LogP contribution in [0.15, 0.2) is 18.2 Å². The first-order valence-corrected chi connectivity index (χ1v) is 6.70. The van der Waals surface area contributed by atoms with Crippen LogP contribution in [0.3, 0.4) is 0 Å². The fourth-order valence-corrected chi connectivity index (χ4v) is 2.49. The molecule has 0 radical (unpaired) electrons. The fourth-order valence-electron chi connectivity index (χ4n) is 2.49. The van der Waals surface area contributed by atoms with Gasteiger partial charge in [0.2, 0.25) is 0 Å². The van der Waals surface area contributed by atoms with Crippen molar-refractivity contribution in [2.45, 2.75) is 20.3 Å². The van der Waals surface area contributed by atoms with Gasteiger partial charge in [-0.3, -0.25) is 9.69 Å². The van der Waals surface area contributed by atoms with Crippen LogP contribution in [0.5, 0.6) is 0 Å². The second-order valence-corrected chi connectivity index (χ2v) is 5.18. The number of hydrogen-bond acceptors (Lipinski definition) is 3. The third kappa shape index (κ3) is 3.65. The molecule has 0 unspecified atom stereocenters. The minimum Gasteiger partial charge on any atom is -0.315 e. The quantitative estimate of drug-likeness (QED) is 0.825. The largest absolute Gasteiger partial charge is 0.315 e. The zero-order valence-corrected chi connectivity index (χ0v) is 11.3. The molecule has 1 saturated heterocycles. The van der Waals surface area contributed by atoms with E-state index in [4.69, 9.17) is 0 Å². The summed E-state index contributed by atoms with van der Waals surface area (Å²) in [5.74, 6) is 0.240. The minimum atomic E-state index is 0.240. The van der Waals surface area contributed by atoms with Gasteiger partial charge in [-0.25, -0.2) is 0 Å². The van der Waals surface area contributed by atoms with Crippen LogP contribution in [0.25, 0.3) is 0 Å². The van der Waals surface area contributed by atoms with Crippen molar-refractivity contribution in [3.8, 4) is 0 Å². The van der Waals surface area contributed by atoms with E-state index in [0.29, 0.717) is 6.54 Å². The molecule has 0 aliphatic carbocycles. The summed E-state index contributed by atoms with van der Waals surface area (Å²) in [6, 6.07) is 6.09. The van der Waals surface area contributed by atoms with Gasteiger partial charge in [0.1, 0.15) is 0 Å². The van der Waals surface area contributed by atoms with Gasteiger partial charge in [-0.2, -0.15) is 0 Å². The highest BCUT2D eigenvalue weighted by atomic mass is 16.1. The monoisotopic (exact) mass is 246 g/mol. The molecule has 0 saturated carbocycles. The number of carbonyl (C=O) groups excluding carboxylic acids is 1. The summed E-state index contributed by atoms with van der Waals surface area (Å²) >= 11 is 0. The average molecular weight is 246 g/mol. The molecule has 1 N–H and O–H groups in total. The maximum Gasteiger partial charge on any atom is 0.176 e. The molecule has 0 atom stereocenters. The summed E-state index contributed by atoms with van der Waals surface area (Å²) in [7, 11) is 0. The van der Waals surface area contributed by atoms with E-state index in [1.54, 1.807) is 0 Å². The van der Waals surface area contributed by atoms with Crippen molar-refractivity contribution in [3.05, 3.63) is 34.9 Å². The van der Waals surface area contributed by atoms with Crippen LogP contribution < -0.4 is 5.32 Å². The molecule has 0 bridgehead atoms. The number of carbonyl (C=O) groups is 1. The molecular weight excluding hydrogens is 224 g/mol. The highest BCUT2D eigenvalue weighted by molar-refractivity contribution is 5.97. The van der Waals surface area contributed by atoms with E-state index in [1.165, 1.54) is 0 Å². The van der Waals surface area contributed by atoms with Crippen LogP contribution in [0.2, 0.25) is 0 Å². The molecule has 0 amide bonds. The van der Waals surface area contributed by atoms with Crippen LogP contribution in [0.1, 0.15) is 27.9 Å². The lowest BCUT2D eigenvalue weighted by Crippen LogP contribution is -2.33. The number of nitrogens with one attached hydrogen (secondary N) is 1. The number of ketones is 1. The third-order valence-electron chi connectivity index (χ3n) is 3.34. The van der Waals surface area contributed by atoms with Crippen molar-refractivity contribution in [2.75, 3.05) is 32.7 Å². The number of nitrogens with zero attached hydrogens (tertiary/aromatic N) is 1. The standard InChI is InChI=1S/C15H22N2O/c1-12-8-13(2)10-14(9-12)15(18)11-17-6-3-4-16-5-7-17/h8-10,16H,3-7,11H2,1-2H3. The summed E-state index contributed by atoms with van der Waals surface area (Å²) in [6.45, 7) is 8.66. The van der Waals surface area contributed by atoms with Gasteiger partial charge in [0.15, 0.2) is 5.78 Å². The first-order valence-electron chi connectivity index (χ1n) is 6.70. The normalized spacial score (nSPS) is 17.4. The number of benzene rings is 1. The van der Waals surface area contributed by atoms with Crippen LogP contribution in [-0.2, 0) is 0 Å². The van der Waals surface area contributed by atoms with Crippen molar-refractivity contribution < 1.29 is 4.79 Å². The predicted molar refractivity (Wildman–Crippen MR) is 74.2 cm³/mol. The Balaban J connectivity index is 2.01. The van der Waals surface area contributed by atoms with Crippen molar-refractivity contribution in [3.63, 3.8) is 0 Å². The molecule has 2 rings (SSSR count). The molecule has 18 heavy (non-hydrogen) atoms. The van der Waals surface area contributed by atoms with Crippen LogP contribution >= 0.6 is 0 Å². The Morgan fingerprint density at radius 3 is 2.61 bits per heavy atom. The molecule has 1 aromatic rings. The van der Waals surface area contributed by atoms with Crippen LogP contribution in [0, 0.1) is 13.8 Å². The van der Waals surface area contributed by atoms with Gasteiger partial charge in [-0.15, -0.1) is 0 Å². The Hall–Kier alpha value is -1.19. The summed E-state index contributed by atoms with van der Waals surface area (Å²) in [5.41, 5.74) is 3.18. The first-order chi connectivity index (χ1) is 8.65. The van der Waals surface area contributed by atoms with Crippen LogP contribution in [-0.4, -0.2) is 43.4 Å². The molecule has 3 nitrogen and oxygen atoms in total. The molecule has 1 aliphatic heterocycles. The van der Waals surface area contributed by atoms with Crippen molar-refractivity contribution in [2.24, 2.45) is 0 Å². The molecule has 0 spiro atoms. The van der Waals surface area contributed by atoms with Gasteiger partial charge in [0, 0.05) is 18.7 Å². The van der Waals surface area contributed by atoms with Crippen molar-refractivity contribution in [1.29, 1.82) is 0 Å². The van der Waals surface area contributed by atoms with Gasteiger partial charge in [0.05, 0.1) is 6.54 Å². The average Bonchev–Trinajstić information content (AvgIpc) is 2.56. The topological polar surface area (TPSA) is 32.3 Å². The number of rotatable bonds is 3.